The summed E-state index contributed by atoms with van der Waals surface area (Å²) in [5.74, 6) is 0. The third kappa shape index (κ3) is 1.75. The maximum Gasteiger partial charge on any atom is 0.0208 e. The van der Waals surface area contributed by atoms with Crippen LogP contribution in [0.25, 0.3) is 0 Å². The smallest absolute Gasteiger partial charge is 0.0208 e. The van der Waals surface area contributed by atoms with E-state index in [0.717, 1.165) is 0 Å². The van der Waals surface area contributed by atoms with Gasteiger partial charge in [-0.1, -0.05) is 7.92 Å². The molecule has 0 aromatic heterocycles. The normalized spacial score (nSPS) is 49.8. The third-order valence-electron chi connectivity index (χ3n) is 3.40. The second-order valence-corrected chi connectivity index (χ2v) is 6.64. The van der Waals surface area contributed by atoms with E-state index in [-0.39, 0.29) is 7.92 Å². The third-order valence-corrected chi connectivity index (χ3v) is 5.80. The second kappa shape index (κ2) is 3.47. The van der Waals surface area contributed by atoms with Crippen molar-refractivity contribution < 1.29 is 0 Å². The van der Waals surface area contributed by atoms with Gasteiger partial charge in [0.25, 0.3) is 0 Å². The predicted octanol–water partition coefficient (Wildman–Crippen LogP) is 0.288. The Labute approximate surface area is 81.4 Å². The number of hydrogen-bond donors (Lipinski definition) is 0. The van der Waals surface area contributed by atoms with Gasteiger partial charge in [-0.2, -0.15) is 0 Å². The topological polar surface area (TPSA) is 9.72 Å². The van der Waals surface area contributed by atoms with Crippen molar-refractivity contribution in [3.63, 3.8) is 0 Å². The SMILES string of the molecule is C1CN2CCN3CCN1CP(C2)C3. The fraction of sp³-hybridized carbons (Fsp3) is 1.00. The number of fused-ring (bicyclic) bond motifs is 3. The first-order chi connectivity index (χ1) is 6.40. The second-order valence-electron chi connectivity index (χ2n) is 4.45. The summed E-state index contributed by atoms with van der Waals surface area (Å²) in [5, 5.41) is 0. The van der Waals surface area contributed by atoms with Crippen molar-refractivity contribution in [2.45, 2.75) is 0 Å². The van der Waals surface area contributed by atoms with E-state index < -0.39 is 0 Å². The molecule has 0 aromatic rings. The molecule has 0 N–H and O–H groups in total. The molecule has 0 unspecified atom stereocenters. The van der Waals surface area contributed by atoms with Gasteiger partial charge in [0.05, 0.1) is 0 Å². The molecule has 4 bridgehead atoms. The fourth-order valence-corrected chi connectivity index (χ4v) is 5.40. The predicted molar refractivity (Wildman–Crippen MR) is 56.2 cm³/mol. The zero-order valence-corrected chi connectivity index (χ0v) is 9.05. The average molecular weight is 199 g/mol. The largest absolute Gasteiger partial charge is 0.297 e. The van der Waals surface area contributed by atoms with E-state index >= 15 is 0 Å². The first kappa shape index (κ1) is 8.60. The Kier molecular flexibility index (Phi) is 2.30. The van der Waals surface area contributed by atoms with Crippen molar-refractivity contribution in [1.29, 1.82) is 0 Å². The molecule has 3 aliphatic heterocycles. The van der Waals surface area contributed by atoms with Gasteiger partial charge in [-0.25, -0.2) is 0 Å². The summed E-state index contributed by atoms with van der Waals surface area (Å²) in [4.78, 5) is 8.07. The van der Waals surface area contributed by atoms with Crippen LogP contribution in [0.3, 0.4) is 0 Å². The molecule has 3 rings (SSSR count). The number of hydrogen-bond acceptors (Lipinski definition) is 3. The molecule has 13 heavy (non-hydrogen) atoms. The summed E-state index contributed by atoms with van der Waals surface area (Å²) >= 11 is 0. The van der Waals surface area contributed by atoms with Crippen LogP contribution in [0.2, 0.25) is 0 Å². The minimum absolute atomic E-state index is 0.286. The van der Waals surface area contributed by atoms with Crippen molar-refractivity contribution in [1.82, 2.24) is 14.7 Å². The van der Waals surface area contributed by atoms with Crippen molar-refractivity contribution in [2.24, 2.45) is 0 Å². The lowest BCUT2D eigenvalue weighted by Gasteiger charge is -2.18. The van der Waals surface area contributed by atoms with Crippen LogP contribution in [-0.4, -0.2) is 72.8 Å². The van der Waals surface area contributed by atoms with E-state index in [1.165, 1.54) is 58.1 Å². The maximum absolute atomic E-state index is 2.69. The first-order valence-electron chi connectivity index (χ1n) is 5.29. The molecule has 0 atom stereocenters. The van der Waals surface area contributed by atoms with Gasteiger partial charge in [0.1, 0.15) is 0 Å². The molecule has 0 spiro atoms. The summed E-state index contributed by atoms with van der Waals surface area (Å²) in [5.41, 5.74) is 0. The highest BCUT2D eigenvalue weighted by Crippen LogP contribution is 2.41. The quantitative estimate of drug-likeness (QED) is 0.519. The van der Waals surface area contributed by atoms with Crippen LogP contribution in [-0.2, 0) is 0 Å². The van der Waals surface area contributed by atoms with E-state index in [2.05, 4.69) is 14.7 Å². The van der Waals surface area contributed by atoms with Crippen LogP contribution in [0, 0.1) is 0 Å². The molecular formula is C9H18N3P. The van der Waals surface area contributed by atoms with Gasteiger partial charge in [0.15, 0.2) is 0 Å². The molecular weight excluding hydrogens is 181 g/mol. The van der Waals surface area contributed by atoms with Gasteiger partial charge in [0.2, 0.25) is 0 Å². The van der Waals surface area contributed by atoms with E-state index in [4.69, 9.17) is 0 Å². The van der Waals surface area contributed by atoms with Gasteiger partial charge >= 0.3 is 0 Å². The molecule has 0 radical (unpaired) electrons. The minimum Gasteiger partial charge on any atom is -0.297 e. The van der Waals surface area contributed by atoms with Crippen LogP contribution < -0.4 is 0 Å². The molecule has 74 valence electrons. The Hall–Kier alpha value is 0.310. The summed E-state index contributed by atoms with van der Waals surface area (Å²) in [6.45, 7) is 7.96. The molecule has 4 heteroatoms. The highest BCUT2D eigenvalue weighted by atomic mass is 31.1. The van der Waals surface area contributed by atoms with Gasteiger partial charge in [-0.15, -0.1) is 0 Å². The minimum atomic E-state index is 0.286. The average Bonchev–Trinajstić information content (AvgIpc) is 2.51. The lowest BCUT2D eigenvalue weighted by Crippen LogP contribution is -2.31. The van der Waals surface area contributed by atoms with E-state index in [0.29, 0.717) is 0 Å². The zero-order chi connectivity index (χ0) is 8.67. The van der Waals surface area contributed by atoms with Gasteiger partial charge in [0, 0.05) is 58.1 Å². The van der Waals surface area contributed by atoms with Crippen LogP contribution in [0.4, 0.5) is 0 Å². The van der Waals surface area contributed by atoms with Crippen molar-refractivity contribution >= 4 is 7.92 Å². The summed E-state index contributed by atoms with van der Waals surface area (Å²) in [7, 11) is 0.286. The Bertz CT molecular complexity index is 154. The van der Waals surface area contributed by atoms with Crippen molar-refractivity contribution in [3.8, 4) is 0 Å². The molecule has 3 fully saturated rings. The molecule has 3 nitrogen and oxygen atoms in total. The summed E-state index contributed by atoms with van der Waals surface area (Å²) < 4.78 is 0. The van der Waals surface area contributed by atoms with E-state index in [9.17, 15) is 0 Å². The van der Waals surface area contributed by atoms with Crippen LogP contribution in [0.15, 0.2) is 0 Å². The van der Waals surface area contributed by atoms with Crippen LogP contribution in [0.1, 0.15) is 0 Å². The Morgan fingerprint density at radius 1 is 0.538 bits per heavy atom. The monoisotopic (exact) mass is 199 g/mol. The molecule has 0 saturated carbocycles. The van der Waals surface area contributed by atoms with Gasteiger partial charge < -0.3 is 0 Å². The van der Waals surface area contributed by atoms with Crippen LogP contribution in [0.5, 0.6) is 0 Å². The molecule has 0 aliphatic carbocycles. The summed E-state index contributed by atoms with van der Waals surface area (Å²) in [6.07, 6.45) is 4.26. The lowest BCUT2D eigenvalue weighted by atomic mass is 10.5. The van der Waals surface area contributed by atoms with Crippen molar-refractivity contribution in [2.75, 3.05) is 58.1 Å². The number of nitrogens with zero attached hydrogens (tertiary/aromatic N) is 3. The van der Waals surface area contributed by atoms with E-state index in [1.54, 1.807) is 0 Å². The Balaban J connectivity index is 1.87. The summed E-state index contributed by atoms with van der Waals surface area (Å²) in [6, 6.07) is 0. The molecule has 3 heterocycles. The van der Waals surface area contributed by atoms with Crippen molar-refractivity contribution in [3.05, 3.63) is 0 Å². The lowest BCUT2D eigenvalue weighted by molar-refractivity contribution is 0.277. The van der Waals surface area contributed by atoms with Crippen LogP contribution >= 0.6 is 7.92 Å². The fourth-order valence-electron chi connectivity index (χ4n) is 2.59. The maximum atomic E-state index is 2.69. The first-order valence-corrected chi connectivity index (χ1v) is 7.19. The standard InChI is InChI=1S/C9H18N3P/c1-2-11-5-6-12-4-3-10(1)7-13(8-11)9-12/h1-9H2. The van der Waals surface area contributed by atoms with Gasteiger partial charge in [-0.3, -0.25) is 14.7 Å². The molecule has 3 aliphatic rings. The highest BCUT2D eigenvalue weighted by molar-refractivity contribution is 7.57. The Morgan fingerprint density at radius 3 is 1.15 bits per heavy atom. The Morgan fingerprint density at radius 2 is 0.846 bits per heavy atom. The molecule has 3 saturated heterocycles. The molecule has 0 aromatic carbocycles. The van der Waals surface area contributed by atoms with E-state index in [1.807, 2.05) is 0 Å². The zero-order valence-electron chi connectivity index (χ0n) is 8.15. The highest BCUT2D eigenvalue weighted by Gasteiger charge is 2.29. The molecule has 0 amide bonds. The van der Waals surface area contributed by atoms with Gasteiger partial charge in [-0.05, 0) is 0 Å². The number of rotatable bonds is 0.